The highest BCUT2D eigenvalue weighted by Crippen LogP contribution is 2.26. The van der Waals surface area contributed by atoms with Gasteiger partial charge in [-0.25, -0.2) is 0 Å². The fraction of sp³-hybridized carbons (Fsp3) is 1.00. The highest BCUT2D eigenvalue weighted by molar-refractivity contribution is 4.84. The van der Waals surface area contributed by atoms with E-state index in [1.807, 2.05) is 0 Å². The quantitative estimate of drug-likeness (QED) is 0.703. The van der Waals surface area contributed by atoms with Gasteiger partial charge in [0.1, 0.15) is 0 Å². The third kappa shape index (κ3) is 2.48. The maximum absolute atomic E-state index is 3.69. The van der Waals surface area contributed by atoms with Crippen molar-refractivity contribution in [1.82, 2.24) is 10.6 Å². The van der Waals surface area contributed by atoms with Gasteiger partial charge in [0.2, 0.25) is 0 Å². The van der Waals surface area contributed by atoms with Crippen LogP contribution in [-0.4, -0.2) is 25.7 Å². The molecule has 0 radical (unpaired) electrons. The third-order valence-corrected chi connectivity index (χ3v) is 4.06. The van der Waals surface area contributed by atoms with Crippen LogP contribution in [0.15, 0.2) is 0 Å². The van der Waals surface area contributed by atoms with Crippen molar-refractivity contribution in [2.24, 2.45) is 11.8 Å². The zero-order valence-electron chi connectivity index (χ0n) is 9.39. The Morgan fingerprint density at radius 2 is 2.00 bits per heavy atom. The lowest BCUT2D eigenvalue weighted by atomic mass is 9.80. The van der Waals surface area contributed by atoms with Crippen molar-refractivity contribution in [3.63, 3.8) is 0 Å². The Kier molecular flexibility index (Phi) is 3.82. The smallest absolute Gasteiger partial charge is 0.00958 e. The molecule has 0 spiro atoms. The summed E-state index contributed by atoms with van der Waals surface area (Å²) in [5.41, 5.74) is 0. The summed E-state index contributed by atoms with van der Waals surface area (Å²) in [5.74, 6) is 1.78. The minimum Gasteiger partial charge on any atom is -0.316 e. The van der Waals surface area contributed by atoms with E-state index in [1.165, 1.54) is 51.7 Å². The number of piperidine rings is 2. The molecule has 82 valence electrons. The summed E-state index contributed by atoms with van der Waals surface area (Å²) < 4.78 is 0. The maximum atomic E-state index is 3.69. The molecule has 2 N–H and O–H groups in total. The van der Waals surface area contributed by atoms with E-state index in [9.17, 15) is 0 Å². The van der Waals surface area contributed by atoms with Crippen LogP contribution in [0.1, 0.15) is 39.0 Å². The number of hydrogen-bond donors (Lipinski definition) is 2. The predicted molar refractivity (Wildman–Crippen MR) is 60.4 cm³/mol. The Hall–Kier alpha value is -0.0800. The lowest BCUT2D eigenvalue weighted by molar-refractivity contribution is 0.200. The Labute approximate surface area is 87.8 Å². The molecule has 2 saturated heterocycles. The van der Waals surface area contributed by atoms with Crippen molar-refractivity contribution in [1.29, 1.82) is 0 Å². The first-order valence-corrected chi connectivity index (χ1v) is 6.32. The van der Waals surface area contributed by atoms with E-state index in [1.54, 1.807) is 0 Å². The van der Waals surface area contributed by atoms with Crippen molar-refractivity contribution in [2.75, 3.05) is 19.6 Å². The number of nitrogens with one attached hydrogen (secondary N) is 2. The van der Waals surface area contributed by atoms with Gasteiger partial charge in [-0.15, -0.1) is 0 Å². The van der Waals surface area contributed by atoms with Gasteiger partial charge in [-0.05, 0) is 57.2 Å². The SMILES string of the molecule is CC(C1CCCNC1)C1CCCCN1. The molecule has 0 aliphatic carbocycles. The molecule has 0 bridgehead atoms. The normalized spacial score (nSPS) is 36.6. The van der Waals surface area contributed by atoms with Gasteiger partial charge in [-0.1, -0.05) is 13.3 Å². The highest BCUT2D eigenvalue weighted by Gasteiger charge is 2.27. The van der Waals surface area contributed by atoms with Gasteiger partial charge in [-0.3, -0.25) is 0 Å². The minimum atomic E-state index is 0.800. The lowest BCUT2D eigenvalue weighted by Gasteiger charge is -2.36. The summed E-state index contributed by atoms with van der Waals surface area (Å²) >= 11 is 0. The molecular weight excluding hydrogens is 172 g/mol. The molecule has 2 nitrogen and oxygen atoms in total. The van der Waals surface area contributed by atoms with Crippen LogP contribution in [0.25, 0.3) is 0 Å². The Bertz CT molecular complexity index is 140. The molecule has 14 heavy (non-hydrogen) atoms. The fourth-order valence-corrected chi connectivity index (χ4v) is 2.98. The molecule has 0 aromatic heterocycles. The molecule has 0 aromatic carbocycles. The van der Waals surface area contributed by atoms with E-state index in [0.29, 0.717) is 0 Å². The summed E-state index contributed by atoms with van der Waals surface area (Å²) in [7, 11) is 0. The van der Waals surface area contributed by atoms with Crippen LogP contribution in [0.4, 0.5) is 0 Å². The van der Waals surface area contributed by atoms with Crippen molar-refractivity contribution in [3.05, 3.63) is 0 Å². The molecule has 0 aromatic rings. The van der Waals surface area contributed by atoms with Crippen LogP contribution in [0.3, 0.4) is 0 Å². The van der Waals surface area contributed by atoms with E-state index in [4.69, 9.17) is 0 Å². The zero-order valence-corrected chi connectivity index (χ0v) is 9.39. The summed E-state index contributed by atoms with van der Waals surface area (Å²) in [6.07, 6.45) is 7.03. The molecule has 3 atom stereocenters. The van der Waals surface area contributed by atoms with E-state index in [2.05, 4.69) is 17.6 Å². The molecule has 2 fully saturated rings. The van der Waals surface area contributed by atoms with Crippen molar-refractivity contribution >= 4 is 0 Å². The first-order valence-electron chi connectivity index (χ1n) is 6.32. The number of hydrogen-bond acceptors (Lipinski definition) is 2. The fourth-order valence-electron chi connectivity index (χ4n) is 2.98. The monoisotopic (exact) mass is 196 g/mol. The Balaban J connectivity index is 1.82. The predicted octanol–water partition coefficient (Wildman–Crippen LogP) is 1.76. The van der Waals surface area contributed by atoms with Gasteiger partial charge in [0.15, 0.2) is 0 Å². The first kappa shape index (κ1) is 10.4. The van der Waals surface area contributed by atoms with E-state index in [-0.39, 0.29) is 0 Å². The van der Waals surface area contributed by atoms with Crippen molar-refractivity contribution < 1.29 is 0 Å². The average molecular weight is 196 g/mol. The van der Waals surface area contributed by atoms with Crippen LogP contribution < -0.4 is 10.6 Å². The Morgan fingerprint density at radius 3 is 2.64 bits per heavy atom. The van der Waals surface area contributed by atoms with Gasteiger partial charge >= 0.3 is 0 Å². The summed E-state index contributed by atoms with van der Waals surface area (Å²) in [6.45, 7) is 6.18. The van der Waals surface area contributed by atoms with Crippen LogP contribution in [0.5, 0.6) is 0 Å². The minimum absolute atomic E-state index is 0.800. The van der Waals surface area contributed by atoms with E-state index < -0.39 is 0 Å². The first-order chi connectivity index (χ1) is 6.88. The molecular formula is C12H24N2. The lowest BCUT2D eigenvalue weighted by Crippen LogP contribution is -2.45. The van der Waals surface area contributed by atoms with Gasteiger partial charge in [0.25, 0.3) is 0 Å². The van der Waals surface area contributed by atoms with E-state index in [0.717, 1.165) is 17.9 Å². The molecule has 2 aliphatic rings. The standard InChI is InChI=1S/C12H24N2/c1-10(11-5-4-7-13-9-11)12-6-2-3-8-14-12/h10-14H,2-9H2,1H3. The molecule has 2 rings (SSSR count). The Morgan fingerprint density at radius 1 is 1.07 bits per heavy atom. The average Bonchev–Trinajstić information content (AvgIpc) is 2.30. The van der Waals surface area contributed by atoms with E-state index >= 15 is 0 Å². The van der Waals surface area contributed by atoms with Crippen LogP contribution in [0.2, 0.25) is 0 Å². The van der Waals surface area contributed by atoms with Crippen molar-refractivity contribution in [3.8, 4) is 0 Å². The largest absolute Gasteiger partial charge is 0.316 e. The van der Waals surface area contributed by atoms with Gasteiger partial charge in [0.05, 0.1) is 0 Å². The second-order valence-corrected chi connectivity index (χ2v) is 5.02. The molecule has 3 unspecified atom stereocenters. The zero-order chi connectivity index (χ0) is 9.80. The van der Waals surface area contributed by atoms with Gasteiger partial charge in [-0.2, -0.15) is 0 Å². The maximum Gasteiger partial charge on any atom is 0.00958 e. The molecule has 2 aliphatic heterocycles. The van der Waals surface area contributed by atoms with Gasteiger partial charge < -0.3 is 10.6 Å². The number of rotatable bonds is 2. The topological polar surface area (TPSA) is 24.1 Å². The summed E-state index contributed by atoms with van der Waals surface area (Å²) in [4.78, 5) is 0. The second-order valence-electron chi connectivity index (χ2n) is 5.02. The van der Waals surface area contributed by atoms with Crippen LogP contribution in [0, 0.1) is 11.8 Å². The molecule has 2 heterocycles. The van der Waals surface area contributed by atoms with Crippen molar-refractivity contribution in [2.45, 2.75) is 45.1 Å². The summed E-state index contributed by atoms with van der Waals surface area (Å²) in [6, 6.07) is 0.800. The molecule has 0 amide bonds. The van der Waals surface area contributed by atoms with Gasteiger partial charge in [0, 0.05) is 6.04 Å². The second kappa shape index (κ2) is 5.13. The molecule has 2 heteroatoms. The highest BCUT2D eigenvalue weighted by atomic mass is 14.9. The summed E-state index contributed by atoms with van der Waals surface area (Å²) in [5, 5.41) is 7.22. The van der Waals surface area contributed by atoms with Crippen LogP contribution >= 0.6 is 0 Å². The van der Waals surface area contributed by atoms with Crippen LogP contribution in [-0.2, 0) is 0 Å². The molecule has 0 saturated carbocycles. The third-order valence-electron chi connectivity index (χ3n) is 4.06.